The minimum atomic E-state index is -0.244. The molecule has 0 radical (unpaired) electrons. The lowest BCUT2D eigenvalue weighted by Crippen LogP contribution is -2.14. The van der Waals surface area contributed by atoms with Crippen LogP contribution >= 0.6 is 0 Å². The van der Waals surface area contributed by atoms with E-state index in [2.05, 4.69) is 5.32 Å². The van der Waals surface area contributed by atoms with E-state index >= 15 is 0 Å². The SMILES string of the molecule is O=c1ccn(CCNc2ccc(F)cc2)c2ccccc12. The van der Waals surface area contributed by atoms with Gasteiger partial charge in [-0.15, -0.1) is 0 Å². The average molecular weight is 282 g/mol. The number of hydrogen-bond donors (Lipinski definition) is 1. The zero-order chi connectivity index (χ0) is 14.7. The maximum absolute atomic E-state index is 12.8. The molecule has 3 aromatic rings. The Morgan fingerprint density at radius 2 is 1.76 bits per heavy atom. The van der Waals surface area contributed by atoms with Crippen LogP contribution in [0.25, 0.3) is 10.9 Å². The molecule has 0 saturated heterocycles. The standard InChI is InChI=1S/C17H15FN2O/c18-13-5-7-14(8-6-13)19-10-12-20-11-9-17(21)15-3-1-2-4-16(15)20/h1-9,11,19H,10,12H2. The topological polar surface area (TPSA) is 34.0 Å². The average Bonchev–Trinajstić information content (AvgIpc) is 2.52. The normalized spacial score (nSPS) is 10.7. The molecule has 1 heterocycles. The Morgan fingerprint density at radius 3 is 2.57 bits per heavy atom. The van der Waals surface area contributed by atoms with Crippen LogP contribution in [0, 0.1) is 5.82 Å². The van der Waals surface area contributed by atoms with Crippen molar-refractivity contribution in [2.45, 2.75) is 6.54 Å². The number of nitrogens with zero attached hydrogens (tertiary/aromatic N) is 1. The van der Waals surface area contributed by atoms with E-state index < -0.39 is 0 Å². The number of fused-ring (bicyclic) bond motifs is 1. The van der Waals surface area contributed by atoms with E-state index in [1.165, 1.54) is 12.1 Å². The molecule has 0 fully saturated rings. The molecule has 0 bridgehead atoms. The molecule has 0 spiro atoms. The lowest BCUT2D eigenvalue weighted by molar-refractivity contribution is 0.628. The van der Waals surface area contributed by atoms with E-state index in [0.29, 0.717) is 6.54 Å². The Labute approximate surface area is 121 Å². The third-order valence-corrected chi connectivity index (χ3v) is 3.41. The third kappa shape index (κ3) is 2.94. The van der Waals surface area contributed by atoms with E-state index in [9.17, 15) is 9.18 Å². The molecule has 21 heavy (non-hydrogen) atoms. The van der Waals surface area contributed by atoms with Gasteiger partial charge in [-0.3, -0.25) is 4.79 Å². The van der Waals surface area contributed by atoms with Crippen molar-refractivity contribution in [2.75, 3.05) is 11.9 Å². The molecule has 1 aromatic heterocycles. The van der Waals surface area contributed by atoms with Gasteiger partial charge in [0.25, 0.3) is 0 Å². The fraction of sp³-hybridized carbons (Fsp3) is 0.118. The van der Waals surface area contributed by atoms with Gasteiger partial charge < -0.3 is 9.88 Å². The van der Waals surface area contributed by atoms with Crippen LogP contribution in [0.2, 0.25) is 0 Å². The van der Waals surface area contributed by atoms with Crippen LogP contribution in [-0.2, 0) is 6.54 Å². The molecule has 106 valence electrons. The first kappa shape index (κ1) is 13.4. The number of para-hydroxylation sites is 1. The van der Waals surface area contributed by atoms with Gasteiger partial charge in [0.05, 0.1) is 5.52 Å². The van der Waals surface area contributed by atoms with Gasteiger partial charge in [0.2, 0.25) is 0 Å². The van der Waals surface area contributed by atoms with Crippen molar-refractivity contribution in [2.24, 2.45) is 0 Å². The molecule has 3 nitrogen and oxygen atoms in total. The van der Waals surface area contributed by atoms with Gasteiger partial charge in [-0.1, -0.05) is 12.1 Å². The molecule has 0 unspecified atom stereocenters. The Balaban J connectivity index is 1.75. The lowest BCUT2D eigenvalue weighted by Gasteiger charge is -2.12. The maximum atomic E-state index is 12.8. The van der Waals surface area contributed by atoms with Crippen molar-refractivity contribution in [3.63, 3.8) is 0 Å². The number of pyridine rings is 1. The van der Waals surface area contributed by atoms with Crippen molar-refractivity contribution in [1.29, 1.82) is 0 Å². The summed E-state index contributed by atoms with van der Waals surface area (Å²) in [4.78, 5) is 11.8. The second-order valence-electron chi connectivity index (χ2n) is 4.82. The van der Waals surface area contributed by atoms with Crippen molar-refractivity contribution in [1.82, 2.24) is 4.57 Å². The highest BCUT2D eigenvalue weighted by atomic mass is 19.1. The highest BCUT2D eigenvalue weighted by Crippen LogP contribution is 2.10. The summed E-state index contributed by atoms with van der Waals surface area (Å²) in [5.74, 6) is -0.244. The highest BCUT2D eigenvalue weighted by Gasteiger charge is 2.01. The smallest absolute Gasteiger partial charge is 0.189 e. The molecular formula is C17H15FN2O. The molecule has 0 aliphatic carbocycles. The first-order valence-electron chi connectivity index (χ1n) is 6.82. The Kier molecular flexibility index (Phi) is 3.69. The van der Waals surface area contributed by atoms with Crippen LogP contribution in [0.4, 0.5) is 10.1 Å². The lowest BCUT2D eigenvalue weighted by atomic mass is 10.2. The Hall–Kier alpha value is -2.62. The Morgan fingerprint density at radius 1 is 1.00 bits per heavy atom. The molecule has 2 aromatic carbocycles. The van der Waals surface area contributed by atoms with Gasteiger partial charge in [0.15, 0.2) is 5.43 Å². The summed E-state index contributed by atoms with van der Waals surface area (Å²) in [6.45, 7) is 1.41. The molecule has 4 heteroatoms. The number of rotatable bonds is 4. The van der Waals surface area contributed by atoms with Gasteiger partial charge in [-0.25, -0.2) is 4.39 Å². The van der Waals surface area contributed by atoms with Crippen LogP contribution in [0.5, 0.6) is 0 Å². The summed E-state index contributed by atoms with van der Waals surface area (Å²) in [6.07, 6.45) is 1.80. The molecule has 1 N–H and O–H groups in total. The van der Waals surface area contributed by atoms with Crippen LogP contribution < -0.4 is 10.7 Å². The minimum absolute atomic E-state index is 0.0355. The number of nitrogens with one attached hydrogen (secondary N) is 1. The molecule has 0 saturated carbocycles. The summed E-state index contributed by atoms with van der Waals surface area (Å²) in [6, 6.07) is 15.4. The minimum Gasteiger partial charge on any atom is -0.383 e. The van der Waals surface area contributed by atoms with Crippen molar-refractivity contribution < 1.29 is 4.39 Å². The number of benzene rings is 2. The second-order valence-corrected chi connectivity index (χ2v) is 4.82. The summed E-state index contributed by atoms with van der Waals surface area (Å²) in [5.41, 5.74) is 1.83. The quantitative estimate of drug-likeness (QED) is 0.797. The Bertz CT molecular complexity index is 809. The molecule has 0 aliphatic heterocycles. The molecule has 0 aliphatic rings. The number of hydrogen-bond acceptors (Lipinski definition) is 2. The van der Waals surface area contributed by atoms with Crippen LogP contribution in [0.3, 0.4) is 0 Å². The molecular weight excluding hydrogens is 267 g/mol. The van der Waals surface area contributed by atoms with Gasteiger partial charge in [-0.2, -0.15) is 0 Å². The molecule has 3 rings (SSSR count). The number of anilines is 1. The third-order valence-electron chi connectivity index (χ3n) is 3.41. The van der Waals surface area contributed by atoms with E-state index in [1.54, 1.807) is 24.4 Å². The van der Waals surface area contributed by atoms with E-state index in [0.717, 1.165) is 23.1 Å². The number of halogens is 1. The van der Waals surface area contributed by atoms with Crippen LogP contribution in [-0.4, -0.2) is 11.1 Å². The number of aromatic nitrogens is 1. The fourth-order valence-electron chi connectivity index (χ4n) is 2.34. The van der Waals surface area contributed by atoms with Crippen LogP contribution in [0.15, 0.2) is 65.6 Å². The molecule has 0 amide bonds. The summed E-state index contributed by atoms with van der Waals surface area (Å²) >= 11 is 0. The zero-order valence-electron chi connectivity index (χ0n) is 11.4. The van der Waals surface area contributed by atoms with Gasteiger partial charge in [0, 0.05) is 36.4 Å². The predicted molar refractivity (Wildman–Crippen MR) is 83.1 cm³/mol. The van der Waals surface area contributed by atoms with Crippen LogP contribution in [0.1, 0.15) is 0 Å². The van der Waals surface area contributed by atoms with Gasteiger partial charge >= 0.3 is 0 Å². The van der Waals surface area contributed by atoms with Gasteiger partial charge in [-0.05, 0) is 36.4 Å². The van der Waals surface area contributed by atoms with E-state index in [1.807, 2.05) is 28.8 Å². The zero-order valence-corrected chi connectivity index (χ0v) is 11.4. The fourth-order valence-corrected chi connectivity index (χ4v) is 2.34. The summed E-state index contributed by atoms with van der Waals surface area (Å²) in [5, 5.41) is 3.96. The largest absolute Gasteiger partial charge is 0.383 e. The van der Waals surface area contributed by atoms with E-state index in [-0.39, 0.29) is 11.2 Å². The summed E-state index contributed by atoms with van der Waals surface area (Å²) in [7, 11) is 0. The van der Waals surface area contributed by atoms with E-state index in [4.69, 9.17) is 0 Å². The maximum Gasteiger partial charge on any atom is 0.189 e. The predicted octanol–water partition coefficient (Wildman–Crippen LogP) is 3.25. The van der Waals surface area contributed by atoms with Crippen molar-refractivity contribution in [3.8, 4) is 0 Å². The van der Waals surface area contributed by atoms with Crippen molar-refractivity contribution in [3.05, 3.63) is 76.8 Å². The van der Waals surface area contributed by atoms with Gasteiger partial charge in [0.1, 0.15) is 5.82 Å². The second kappa shape index (κ2) is 5.79. The summed E-state index contributed by atoms with van der Waals surface area (Å²) < 4.78 is 14.9. The first-order chi connectivity index (χ1) is 10.2. The first-order valence-corrected chi connectivity index (χ1v) is 6.82. The monoisotopic (exact) mass is 282 g/mol. The highest BCUT2D eigenvalue weighted by molar-refractivity contribution is 5.78. The van der Waals surface area contributed by atoms with Crippen molar-refractivity contribution >= 4 is 16.6 Å². The molecule has 0 atom stereocenters.